The molecule has 0 saturated heterocycles. The van der Waals surface area contributed by atoms with Crippen molar-refractivity contribution in [3.63, 3.8) is 0 Å². The molecule has 0 bridgehead atoms. The van der Waals surface area contributed by atoms with Crippen molar-refractivity contribution in [1.82, 2.24) is 0 Å². The summed E-state index contributed by atoms with van der Waals surface area (Å²) in [4.78, 5) is 0. The molecule has 0 aliphatic rings. The molecule has 0 nitrogen and oxygen atoms in total. The van der Waals surface area contributed by atoms with Gasteiger partial charge in [-0.2, -0.15) is 0 Å². The zero-order valence-corrected chi connectivity index (χ0v) is 9.91. The Labute approximate surface area is 113 Å². The molecule has 0 aromatic heterocycles. The Balaban J connectivity index is 0.00000128. The first kappa shape index (κ1) is 13.1. The van der Waals surface area contributed by atoms with Gasteiger partial charge in [-0.3, -0.25) is 0 Å². The maximum absolute atomic E-state index is 6.01. The fraction of sp³-hybridized carbons (Fsp3) is 0. The molecule has 0 saturated carbocycles. The van der Waals surface area contributed by atoms with Crippen molar-refractivity contribution in [1.29, 1.82) is 0 Å². The van der Waals surface area contributed by atoms with Crippen LogP contribution in [0.1, 0.15) is 11.1 Å². The van der Waals surface area contributed by atoms with E-state index in [4.69, 9.17) is 11.6 Å². The zero-order valence-electron chi connectivity index (χ0n) is 9.15. The molecule has 0 unspecified atom stereocenters. The first-order valence-electron chi connectivity index (χ1n) is 4.75. The minimum atomic E-state index is 0. The molecule has 0 radical (unpaired) electrons. The van der Waals surface area contributed by atoms with Gasteiger partial charge in [0.2, 0.25) is 0 Å². The Bertz CT molecular complexity index is 463. The quantitative estimate of drug-likeness (QED) is 0.406. The molecule has 0 fully saturated rings. The van der Waals surface area contributed by atoms with Crippen molar-refractivity contribution in [2.24, 2.45) is 0 Å². The third kappa shape index (κ3) is 3.58. The number of benzene rings is 2. The van der Waals surface area contributed by atoms with Crippen LogP contribution in [-0.2, 0) is 0 Å². The predicted molar refractivity (Wildman–Crippen MR) is 64.7 cm³/mol. The number of hydrogen-bond donors (Lipinski definition) is 0. The molecule has 0 amide bonds. The summed E-state index contributed by atoms with van der Waals surface area (Å²) in [6, 6.07) is 17.7. The van der Waals surface area contributed by atoms with Crippen molar-refractivity contribution in [2.75, 3.05) is 0 Å². The van der Waals surface area contributed by atoms with Gasteiger partial charge < -0.3 is 0 Å². The van der Waals surface area contributed by atoms with Crippen molar-refractivity contribution in [3.05, 3.63) is 76.8 Å². The molecule has 16 heavy (non-hydrogen) atoms. The molecular formula is C14H10ClLi. The summed E-state index contributed by atoms with van der Waals surface area (Å²) in [7, 11) is 0. The average molecular weight is 221 g/mol. The SMILES string of the molecule is Clc1ccccc1[C-]=Cc1ccccc1.[Li+]. The summed E-state index contributed by atoms with van der Waals surface area (Å²) in [6.45, 7) is 0. The van der Waals surface area contributed by atoms with Crippen LogP contribution >= 0.6 is 11.6 Å². The Morgan fingerprint density at radius 1 is 0.875 bits per heavy atom. The standard InChI is InChI=1S/C14H10Cl.Li/c15-14-9-5-4-8-13(14)11-10-12-6-2-1-3-7-12;/h1-10H;/q-1;+1. The number of rotatable bonds is 2. The number of halogens is 1. The van der Waals surface area contributed by atoms with E-state index in [1.54, 1.807) is 0 Å². The summed E-state index contributed by atoms with van der Waals surface area (Å²) >= 11 is 6.01. The molecule has 2 heteroatoms. The van der Waals surface area contributed by atoms with Crippen molar-refractivity contribution in [2.45, 2.75) is 0 Å². The Kier molecular flexibility index (Phi) is 5.42. The van der Waals surface area contributed by atoms with E-state index in [0.717, 1.165) is 16.1 Å². The summed E-state index contributed by atoms with van der Waals surface area (Å²) in [5.74, 6) is 0. The molecule has 74 valence electrons. The van der Waals surface area contributed by atoms with Gasteiger partial charge in [0.1, 0.15) is 0 Å². The van der Waals surface area contributed by atoms with E-state index >= 15 is 0 Å². The van der Waals surface area contributed by atoms with Crippen LogP contribution in [0.5, 0.6) is 0 Å². The second-order valence-corrected chi connectivity index (χ2v) is 3.59. The molecule has 0 heterocycles. The Hall–Kier alpha value is -0.933. The maximum atomic E-state index is 6.01. The van der Waals surface area contributed by atoms with Crippen LogP contribution in [0.2, 0.25) is 5.02 Å². The Morgan fingerprint density at radius 3 is 2.19 bits per heavy atom. The molecule has 2 aromatic rings. The molecule has 0 N–H and O–H groups in total. The van der Waals surface area contributed by atoms with E-state index in [2.05, 4.69) is 6.08 Å². The first-order chi connectivity index (χ1) is 7.36. The van der Waals surface area contributed by atoms with Crippen molar-refractivity contribution < 1.29 is 18.9 Å². The van der Waals surface area contributed by atoms with E-state index in [-0.39, 0.29) is 18.9 Å². The van der Waals surface area contributed by atoms with Gasteiger partial charge in [0, 0.05) is 0 Å². The first-order valence-corrected chi connectivity index (χ1v) is 5.13. The molecule has 0 atom stereocenters. The van der Waals surface area contributed by atoms with E-state index in [0.29, 0.717) is 0 Å². The maximum Gasteiger partial charge on any atom is 1.00 e. The van der Waals surface area contributed by atoms with Gasteiger partial charge in [0.05, 0.1) is 0 Å². The van der Waals surface area contributed by atoms with E-state index in [1.807, 2.05) is 60.7 Å². The number of hydrogen-bond acceptors (Lipinski definition) is 0. The average Bonchev–Trinajstić information content (AvgIpc) is 2.29. The fourth-order valence-electron chi connectivity index (χ4n) is 1.29. The summed E-state index contributed by atoms with van der Waals surface area (Å²) < 4.78 is 0. The minimum Gasteiger partial charge on any atom is -0.146 e. The zero-order chi connectivity index (χ0) is 10.5. The van der Waals surface area contributed by atoms with Crippen LogP contribution in [0, 0.1) is 6.08 Å². The van der Waals surface area contributed by atoms with Gasteiger partial charge in [-0.25, -0.2) is 0 Å². The van der Waals surface area contributed by atoms with Gasteiger partial charge in [-0.1, -0.05) is 48.0 Å². The molecule has 0 spiro atoms. The third-order valence-electron chi connectivity index (χ3n) is 2.07. The van der Waals surface area contributed by atoms with Crippen LogP contribution in [0.3, 0.4) is 0 Å². The normalized spacial score (nSPS) is 10.1. The van der Waals surface area contributed by atoms with Gasteiger partial charge in [0.15, 0.2) is 0 Å². The van der Waals surface area contributed by atoms with Crippen molar-refractivity contribution in [3.8, 4) is 0 Å². The summed E-state index contributed by atoms with van der Waals surface area (Å²) in [5.41, 5.74) is 2.04. The van der Waals surface area contributed by atoms with Crippen LogP contribution in [0.15, 0.2) is 54.6 Å². The molecule has 0 aliphatic carbocycles. The third-order valence-corrected chi connectivity index (χ3v) is 2.40. The topological polar surface area (TPSA) is 0 Å². The van der Waals surface area contributed by atoms with Crippen LogP contribution < -0.4 is 18.9 Å². The van der Waals surface area contributed by atoms with Gasteiger partial charge in [-0.15, -0.1) is 41.4 Å². The van der Waals surface area contributed by atoms with Crippen molar-refractivity contribution >= 4 is 17.7 Å². The second-order valence-electron chi connectivity index (χ2n) is 3.18. The molecule has 0 aliphatic heterocycles. The predicted octanol–water partition coefficient (Wildman–Crippen LogP) is 1.21. The summed E-state index contributed by atoms with van der Waals surface area (Å²) in [6.07, 6.45) is 5.10. The van der Waals surface area contributed by atoms with E-state index in [9.17, 15) is 0 Å². The Morgan fingerprint density at radius 2 is 1.50 bits per heavy atom. The molecule has 2 aromatic carbocycles. The van der Waals surface area contributed by atoms with Crippen LogP contribution in [0.4, 0.5) is 0 Å². The monoisotopic (exact) mass is 220 g/mol. The fourth-order valence-corrected chi connectivity index (χ4v) is 1.48. The van der Waals surface area contributed by atoms with Crippen LogP contribution in [0.25, 0.3) is 6.08 Å². The van der Waals surface area contributed by atoms with E-state index < -0.39 is 0 Å². The smallest absolute Gasteiger partial charge is 0.146 e. The molecule has 2 rings (SSSR count). The minimum absolute atomic E-state index is 0. The summed E-state index contributed by atoms with van der Waals surface area (Å²) in [5, 5.41) is 0.727. The largest absolute Gasteiger partial charge is 1.00 e. The van der Waals surface area contributed by atoms with E-state index in [1.165, 1.54) is 0 Å². The van der Waals surface area contributed by atoms with Crippen LogP contribution in [-0.4, -0.2) is 0 Å². The second kappa shape index (κ2) is 6.61. The van der Waals surface area contributed by atoms with Gasteiger partial charge in [-0.05, 0) is 5.02 Å². The van der Waals surface area contributed by atoms with Gasteiger partial charge in [0.25, 0.3) is 0 Å². The van der Waals surface area contributed by atoms with Gasteiger partial charge >= 0.3 is 18.9 Å². The molecular weight excluding hydrogens is 211 g/mol.